The third-order valence-electron chi connectivity index (χ3n) is 2.86. The summed E-state index contributed by atoms with van der Waals surface area (Å²) in [6.45, 7) is 2.06. The molecule has 1 aromatic carbocycles. The van der Waals surface area contributed by atoms with E-state index < -0.39 is 10.0 Å². The first-order chi connectivity index (χ1) is 8.94. The van der Waals surface area contributed by atoms with E-state index in [1.807, 2.05) is 6.07 Å². The summed E-state index contributed by atoms with van der Waals surface area (Å²) in [6.07, 6.45) is 3.05. The van der Waals surface area contributed by atoms with Crippen molar-refractivity contribution in [1.82, 2.24) is 9.78 Å². The highest BCUT2D eigenvalue weighted by Gasteiger charge is 2.18. The summed E-state index contributed by atoms with van der Waals surface area (Å²) in [5.74, 6) is 0. The summed E-state index contributed by atoms with van der Waals surface area (Å²) >= 11 is 0. The third kappa shape index (κ3) is 2.77. The van der Waals surface area contributed by atoms with Crippen molar-refractivity contribution in [3.8, 4) is 0 Å². The van der Waals surface area contributed by atoms with Crippen LogP contribution in [0.25, 0.3) is 0 Å². The molecule has 0 aliphatic heterocycles. The number of nitrogens with zero attached hydrogens (tertiary/aromatic N) is 2. The molecule has 102 valence electrons. The zero-order chi connectivity index (χ0) is 14.0. The van der Waals surface area contributed by atoms with Crippen LogP contribution >= 0.6 is 0 Å². The fourth-order valence-corrected chi connectivity index (χ4v) is 3.17. The van der Waals surface area contributed by atoms with E-state index in [2.05, 4.69) is 9.82 Å². The van der Waals surface area contributed by atoms with Crippen LogP contribution in [0.4, 0.5) is 5.69 Å². The summed E-state index contributed by atoms with van der Waals surface area (Å²) in [5.41, 5.74) is 7.50. The van der Waals surface area contributed by atoms with E-state index in [1.165, 1.54) is 10.9 Å². The molecule has 7 heteroatoms. The molecule has 0 saturated carbocycles. The topological polar surface area (TPSA) is 90.0 Å². The molecule has 0 unspecified atom stereocenters. The van der Waals surface area contributed by atoms with Crippen molar-refractivity contribution in [2.45, 2.75) is 18.4 Å². The van der Waals surface area contributed by atoms with E-state index in [0.717, 1.165) is 5.56 Å². The lowest BCUT2D eigenvalue weighted by molar-refractivity contribution is 0.600. The number of aromatic nitrogens is 2. The number of benzene rings is 1. The van der Waals surface area contributed by atoms with Gasteiger partial charge in [-0.25, -0.2) is 8.42 Å². The van der Waals surface area contributed by atoms with Crippen LogP contribution in [-0.2, 0) is 23.6 Å². The predicted octanol–water partition coefficient (Wildman–Crippen LogP) is 0.988. The van der Waals surface area contributed by atoms with Crippen LogP contribution in [0.5, 0.6) is 0 Å². The Labute approximate surface area is 112 Å². The minimum absolute atomic E-state index is 0.235. The molecule has 0 radical (unpaired) electrons. The fraction of sp³-hybridized carbons (Fsp3) is 0.250. The van der Waals surface area contributed by atoms with Crippen LogP contribution in [-0.4, -0.2) is 18.2 Å². The van der Waals surface area contributed by atoms with Crippen molar-refractivity contribution in [2.24, 2.45) is 12.8 Å². The summed E-state index contributed by atoms with van der Waals surface area (Å²) in [6, 6.07) is 5.07. The van der Waals surface area contributed by atoms with Crippen LogP contribution in [0.3, 0.4) is 0 Å². The maximum absolute atomic E-state index is 12.3. The normalized spacial score (nSPS) is 11.5. The van der Waals surface area contributed by atoms with Crippen molar-refractivity contribution < 1.29 is 8.42 Å². The van der Waals surface area contributed by atoms with Gasteiger partial charge in [-0.15, -0.1) is 0 Å². The Kier molecular flexibility index (Phi) is 3.59. The van der Waals surface area contributed by atoms with E-state index >= 15 is 0 Å². The molecule has 0 saturated heterocycles. The number of hydrogen-bond acceptors (Lipinski definition) is 4. The highest BCUT2D eigenvalue weighted by atomic mass is 32.2. The highest BCUT2D eigenvalue weighted by molar-refractivity contribution is 7.92. The molecule has 0 amide bonds. The molecule has 0 aliphatic rings. The largest absolute Gasteiger partial charge is 0.326 e. The molecule has 1 aromatic heterocycles. The molecule has 0 atom stereocenters. The third-order valence-corrected chi connectivity index (χ3v) is 4.39. The van der Waals surface area contributed by atoms with Crippen LogP contribution < -0.4 is 10.5 Å². The number of rotatable bonds is 4. The van der Waals surface area contributed by atoms with E-state index in [4.69, 9.17) is 5.73 Å². The number of nitrogens with two attached hydrogens (primary N) is 1. The number of sulfonamides is 1. The van der Waals surface area contributed by atoms with Gasteiger partial charge in [0.2, 0.25) is 0 Å². The Bertz CT molecular complexity index is 692. The van der Waals surface area contributed by atoms with Crippen LogP contribution in [0.2, 0.25) is 0 Å². The maximum Gasteiger partial charge on any atom is 0.262 e. The lowest BCUT2D eigenvalue weighted by Crippen LogP contribution is -2.15. The predicted molar refractivity (Wildman–Crippen MR) is 73.1 cm³/mol. The van der Waals surface area contributed by atoms with Gasteiger partial charge in [0.05, 0.1) is 16.8 Å². The molecule has 19 heavy (non-hydrogen) atoms. The molecule has 3 N–H and O–H groups in total. The molecule has 0 bridgehead atoms. The Morgan fingerprint density at radius 1 is 1.42 bits per heavy atom. The number of nitrogens with one attached hydrogen (secondary N) is 1. The second kappa shape index (κ2) is 5.02. The average molecular weight is 280 g/mol. The summed E-state index contributed by atoms with van der Waals surface area (Å²) < 4.78 is 28.6. The SMILES string of the molecule is Cc1c(CN)cccc1S(=O)(=O)Nc1cnn(C)c1. The first-order valence-corrected chi connectivity index (χ1v) is 7.22. The standard InChI is InChI=1S/C12H16N4O2S/c1-9-10(6-13)4-3-5-12(9)19(17,18)15-11-7-14-16(2)8-11/h3-5,7-8,15H,6,13H2,1-2H3. The van der Waals surface area contributed by atoms with Gasteiger partial charge in [-0.05, 0) is 24.1 Å². The second-order valence-electron chi connectivity index (χ2n) is 4.25. The number of hydrogen-bond donors (Lipinski definition) is 2. The highest BCUT2D eigenvalue weighted by Crippen LogP contribution is 2.21. The molecular formula is C12H16N4O2S. The van der Waals surface area contributed by atoms with Crippen LogP contribution in [0.15, 0.2) is 35.5 Å². The van der Waals surface area contributed by atoms with Crippen molar-refractivity contribution in [3.63, 3.8) is 0 Å². The zero-order valence-electron chi connectivity index (χ0n) is 10.8. The van der Waals surface area contributed by atoms with Crippen LogP contribution in [0.1, 0.15) is 11.1 Å². The minimum atomic E-state index is -3.62. The summed E-state index contributed by atoms with van der Waals surface area (Å²) in [7, 11) is -1.90. The lowest BCUT2D eigenvalue weighted by atomic mass is 10.1. The van der Waals surface area contributed by atoms with E-state index in [1.54, 1.807) is 32.3 Å². The maximum atomic E-state index is 12.3. The summed E-state index contributed by atoms with van der Waals surface area (Å²) in [5, 5.41) is 3.92. The van der Waals surface area contributed by atoms with Gasteiger partial charge in [-0.2, -0.15) is 5.10 Å². The summed E-state index contributed by atoms with van der Waals surface area (Å²) in [4.78, 5) is 0.235. The van der Waals surface area contributed by atoms with E-state index in [-0.39, 0.29) is 4.90 Å². The average Bonchev–Trinajstić information content (AvgIpc) is 2.74. The van der Waals surface area contributed by atoms with Gasteiger partial charge in [0.1, 0.15) is 0 Å². The molecular weight excluding hydrogens is 264 g/mol. The quantitative estimate of drug-likeness (QED) is 0.873. The molecule has 6 nitrogen and oxygen atoms in total. The molecule has 0 fully saturated rings. The zero-order valence-corrected chi connectivity index (χ0v) is 11.6. The monoisotopic (exact) mass is 280 g/mol. The Morgan fingerprint density at radius 2 is 2.16 bits per heavy atom. The number of aryl methyl sites for hydroxylation is 1. The smallest absolute Gasteiger partial charge is 0.262 e. The first-order valence-electron chi connectivity index (χ1n) is 5.74. The van der Waals surface area contributed by atoms with Crippen molar-refractivity contribution >= 4 is 15.7 Å². The van der Waals surface area contributed by atoms with Crippen LogP contribution in [0, 0.1) is 6.92 Å². The Hall–Kier alpha value is -1.86. The molecule has 1 heterocycles. The van der Waals surface area contributed by atoms with Gasteiger partial charge in [-0.3, -0.25) is 9.40 Å². The van der Waals surface area contributed by atoms with Gasteiger partial charge < -0.3 is 5.73 Å². The number of anilines is 1. The molecule has 2 aromatic rings. The van der Waals surface area contributed by atoms with E-state index in [0.29, 0.717) is 17.8 Å². The Balaban J connectivity index is 2.40. The van der Waals surface area contributed by atoms with Gasteiger partial charge in [0.25, 0.3) is 10.0 Å². The van der Waals surface area contributed by atoms with Crippen molar-refractivity contribution in [3.05, 3.63) is 41.7 Å². The lowest BCUT2D eigenvalue weighted by Gasteiger charge is -2.11. The van der Waals surface area contributed by atoms with Gasteiger partial charge in [0.15, 0.2) is 0 Å². The first kappa shape index (κ1) is 13.6. The van der Waals surface area contributed by atoms with E-state index in [9.17, 15) is 8.42 Å². The fourth-order valence-electron chi connectivity index (χ4n) is 1.86. The second-order valence-corrected chi connectivity index (χ2v) is 5.90. The van der Waals surface area contributed by atoms with Crippen molar-refractivity contribution in [2.75, 3.05) is 4.72 Å². The van der Waals surface area contributed by atoms with Gasteiger partial charge >= 0.3 is 0 Å². The van der Waals surface area contributed by atoms with Gasteiger partial charge in [-0.1, -0.05) is 12.1 Å². The van der Waals surface area contributed by atoms with Gasteiger partial charge in [0, 0.05) is 19.8 Å². The van der Waals surface area contributed by atoms with Crippen molar-refractivity contribution in [1.29, 1.82) is 0 Å². The molecule has 0 aliphatic carbocycles. The molecule has 0 spiro atoms. The minimum Gasteiger partial charge on any atom is -0.326 e. The Morgan fingerprint density at radius 3 is 2.74 bits per heavy atom. The molecule has 2 rings (SSSR count).